The van der Waals surface area contributed by atoms with Gasteiger partial charge in [0, 0.05) is 5.56 Å². The normalized spacial score (nSPS) is 10.3. The van der Waals surface area contributed by atoms with Gasteiger partial charge in [-0.1, -0.05) is 5.16 Å². The second-order valence-corrected chi connectivity index (χ2v) is 3.84. The van der Waals surface area contributed by atoms with Gasteiger partial charge in [0.05, 0.1) is 30.3 Å². The largest absolute Gasteiger partial charge is 0.361 e. The summed E-state index contributed by atoms with van der Waals surface area (Å²) in [6.45, 7) is 4.29. The standard InChI is InChI=1S/C10H14N6O2/c1-6-9(7(2)18-15-6)5-16-4-8(3-12-16)13-14-10(11)17/h3-4,13H,5H2,1-2H3,(H3,11,14,17). The third-order valence-electron chi connectivity index (χ3n) is 2.46. The highest BCUT2D eigenvalue weighted by Gasteiger charge is 2.10. The molecule has 0 aliphatic carbocycles. The van der Waals surface area contributed by atoms with E-state index in [4.69, 9.17) is 10.3 Å². The van der Waals surface area contributed by atoms with E-state index < -0.39 is 6.03 Å². The number of nitrogens with zero attached hydrogens (tertiary/aromatic N) is 3. The maximum absolute atomic E-state index is 10.5. The number of nitrogens with two attached hydrogens (primary N) is 1. The number of carbonyl (C=O) groups excluding carboxylic acids is 1. The molecule has 0 saturated carbocycles. The van der Waals surface area contributed by atoms with E-state index in [1.165, 1.54) is 0 Å². The van der Waals surface area contributed by atoms with Crippen LogP contribution in [0.25, 0.3) is 0 Å². The molecule has 0 spiro atoms. The van der Waals surface area contributed by atoms with Gasteiger partial charge in [0.25, 0.3) is 0 Å². The lowest BCUT2D eigenvalue weighted by Crippen LogP contribution is -2.34. The predicted molar refractivity (Wildman–Crippen MR) is 63.6 cm³/mol. The Balaban J connectivity index is 2.05. The van der Waals surface area contributed by atoms with Crippen LogP contribution in [0.5, 0.6) is 0 Å². The van der Waals surface area contributed by atoms with Crippen LogP contribution in [0.15, 0.2) is 16.9 Å². The quantitative estimate of drug-likeness (QED) is 0.685. The molecule has 2 amide bonds. The molecule has 8 heteroatoms. The van der Waals surface area contributed by atoms with Crippen LogP contribution in [0.3, 0.4) is 0 Å². The molecule has 18 heavy (non-hydrogen) atoms. The van der Waals surface area contributed by atoms with E-state index in [0.717, 1.165) is 17.0 Å². The van der Waals surface area contributed by atoms with Crippen LogP contribution in [0.1, 0.15) is 17.0 Å². The molecule has 0 fully saturated rings. The van der Waals surface area contributed by atoms with Crippen molar-refractivity contribution in [1.29, 1.82) is 0 Å². The molecule has 0 radical (unpaired) electrons. The van der Waals surface area contributed by atoms with E-state index in [0.29, 0.717) is 12.2 Å². The van der Waals surface area contributed by atoms with Crippen LogP contribution in [-0.4, -0.2) is 21.0 Å². The number of anilines is 1. The summed E-state index contributed by atoms with van der Waals surface area (Å²) in [6, 6.07) is -0.659. The van der Waals surface area contributed by atoms with Crippen molar-refractivity contribution in [3.8, 4) is 0 Å². The Labute approximate surface area is 103 Å². The summed E-state index contributed by atoms with van der Waals surface area (Å²) in [7, 11) is 0. The molecule has 2 aromatic rings. The average Bonchev–Trinajstić information content (AvgIpc) is 2.88. The maximum atomic E-state index is 10.5. The van der Waals surface area contributed by atoms with E-state index in [2.05, 4.69) is 21.1 Å². The number of aryl methyl sites for hydroxylation is 2. The van der Waals surface area contributed by atoms with Crippen LogP contribution in [0.4, 0.5) is 10.5 Å². The Morgan fingerprint density at radius 1 is 1.56 bits per heavy atom. The first kappa shape index (κ1) is 12.0. The Kier molecular flexibility index (Phi) is 3.18. The van der Waals surface area contributed by atoms with Crippen LogP contribution in [0, 0.1) is 13.8 Å². The molecule has 0 saturated heterocycles. The zero-order valence-electron chi connectivity index (χ0n) is 10.1. The molecule has 0 aliphatic rings. The fourth-order valence-corrected chi connectivity index (χ4v) is 1.54. The number of hydrogen-bond acceptors (Lipinski definition) is 5. The molecule has 0 bridgehead atoms. The van der Waals surface area contributed by atoms with Gasteiger partial charge in [-0.3, -0.25) is 15.5 Å². The minimum absolute atomic E-state index is 0.555. The number of aromatic nitrogens is 3. The summed E-state index contributed by atoms with van der Waals surface area (Å²) >= 11 is 0. The van der Waals surface area contributed by atoms with Crippen LogP contribution >= 0.6 is 0 Å². The van der Waals surface area contributed by atoms with Gasteiger partial charge < -0.3 is 10.3 Å². The zero-order valence-corrected chi connectivity index (χ0v) is 10.1. The SMILES string of the molecule is Cc1noc(C)c1Cn1cc(NNC(N)=O)cn1. The number of nitrogens with one attached hydrogen (secondary N) is 2. The van der Waals surface area contributed by atoms with Gasteiger partial charge in [0.1, 0.15) is 5.76 Å². The van der Waals surface area contributed by atoms with E-state index in [9.17, 15) is 4.79 Å². The first-order valence-electron chi connectivity index (χ1n) is 5.32. The van der Waals surface area contributed by atoms with Crippen molar-refractivity contribution < 1.29 is 9.32 Å². The van der Waals surface area contributed by atoms with Gasteiger partial charge in [0.15, 0.2) is 0 Å². The van der Waals surface area contributed by atoms with Gasteiger partial charge in [0.2, 0.25) is 0 Å². The number of rotatable bonds is 4. The first-order valence-corrected chi connectivity index (χ1v) is 5.32. The summed E-state index contributed by atoms with van der Waals surface area (Å²) in [5, 5.41) is 8.02. The lowest BCUT2D eigenvalue weighted by atomic mass is 10.2. The van der Waals surface area contributed by atoms with Gasteiger partial charge in [-0.25, -0.2) is 4.79 Å². The van der Waals surface area contributed by atoms with Crippen LogP contribution in [0.2, 0.25) is 0 Å². The Morgan fingerprint density at radius 2 is 2.33 bits per heavy atom. The lowest BCUT2D eigenvalue weighted by Gasteiger charge is -2.02. The van der Waals surface area contributed by atoms with Gasteiger partial charge in [-0.15, -0.1) is 0 Å². The van der Waals surface area contributed by atoms with Crippen molar-refractivity contribution in [1.82, 2.24) is 20.4 Å². The maximum Gasteiger partial charge on any atom is 0.330 e. The fourth-order valence-electron chi connectivity index (χ4n) is 1.54. The summed E-state index contributed by atoms with van der Waals surface area (Å²) in [4.78, 5) is 10.5. The number of urea groups is 1. The molecule has 0 aromatic carbocycles. The molecule has 2 aromatic heterocycles. The minimum atomic E-state index is -0.659. The molecule has 2 heterocycles. The molecule has 4 N–H and O–H groups in total. The second-order valence-electron chi connectivity index (χ2n) is 3.84. The molecule has 0 unspecified atom stereocenters. The highest BCUT2D eigenvalue weighted by atomic mass is 16.5. The number of carbonyl (C=O) groups is 1. The minimum Gasteiger partial charge on any atom is -0.361 e. The molecule has 8 nitrogen and oxygen atoms in total. The van der Waals surface area contributed by atoms with Gasteiger partial charge >= 0.3 is 6.03 Å². The zero-order chi connectivity index (χ0) is 13.1. The predicted octanol–water partition coefficient (Wildman–Crippen LogP) is 0.531. The topological polar surface area (TPSA) is 111 Å². The Hall–Kier alpha value is -2.51. The Bertz CT molecular complexity index is 539. The summed E-state index contributed by atoms with van der Waals surface area (Å²) in [5.41, 5.74) is 12.3. The molecular weight excluding hydrogens is 236 g/mol. The van der Waals surface area contributed by atoms with Crippen LogP contribution in [-0.2, 0) is 6.54 Å². The molecule has 0 aliphatic heterocycles. The number of amides is 2. The Morgan fingerprint density at radius 3 is 2.94 bits per heavy atom. The van der Waals surface area contributed by atoms with Crippen molar-refractivity contribution in [3.63, 3.8) is 0 Å². The highest BCUT2D eigenvalue weighted by molar-refractivity contribution is 5.73. The molecule has 96 valence electrons. The fraction of sp³-hybridized carbons (Fsp3) is 0.300. The van der Waals surface area contributed by atoms with Crippen molar-refractivity contribution >= 4 is 11.7 Å². The van der Waals surface area contributed by atoms with Crippen molar-refractivity contribution in [2.75, 3.05) is 5.43 Å². The summed E-state index contributed by atoms with van der Waals surface area (Å²) in [5.74, 6) is 0.771. The third kappa shape index (κ3) is 2.59. The number of hydrazine groups is 1. The monoisotopic (exact) mass is 250 g/mol. The van der Waals surface area contributed by atoms with E-state index in [-0.39, 0.29) is 0 Å². The number of primary amides is 1. The van der Waals surface area contributed by atoms with Gasteiger partial charge in [-0.05, 0) is 13.8 Å². The van der Waals surface area contributed by atoms with Gasteiger partial charge in [-0.2, -0.15) is 5.10 Å². The molecular formula is C10H14N6O2. The molecule has 0 atom stereocenters. The van der Waals surface area contributed by atoms with Crippen molar-refractivity contribution in [3.05, 3.63) is 29.4 Å². The first-order chi connectivity index (χ1) is 8.56. The second kappa shape index (κ2) is 4.78. The summed E-state index contributed by atoms with van der Waals surface area (Å²) in [6.07, 6.45) is 3.32. The van der Waals surface area contributed by atoms with E-state index in [1.807, 2.05) is 13.8 Å². The van der Waals surface area contributed by atoms with Crippen LogP contribution < -0.4 is 16.6 Å². The van der Waals surface area contributed by atoms with E-state index >= 15 is 0 Å². The van der Waals surface area contributed by atoms with Crippen molar-refractivity contribution in [2.24, 2.45) is 5.73 Å². The number of hydrogen-bond donors (Lipinski definition) is 3. The smallest absolute Gasteiger partial charge is 0.330 e. The molecule has 2 rings (SSSR count). The summed E-state index contributed by atoms with van der Waals surface area (Å²) < 4.78 is 6.78. The van der Waals surface area contributed by atoms with E-state index in [1.54, 1.807) is 17.1 Å². The lowest BCUT2D eigenvalue weighted by molar-refractivity contribution is 0.250. The third-order valence-corrected chi connectivity index (χ3v) is 2.46. The average molecular weight is 250 g/mol. The van der Waals surface area contributed by atoms with Crippen molar-refractivity contribution in [2.45, 2.75) is 20.4 Å². The highest BCUT2D eigenvalue weighted by Crippen LogP contribution is 2.14.